The molecule has 1 aromatic carbocycles. The van der Waals surface area contributed by atoms with Gasteiger partial charge in [0.05, 0.1) is 12.3 Å². The molecular formula is C10H9FN2O. The van der Waals surface area contributed by atoms with Crippen LogP contribution in [0.5, 0.6) is 0 Å². The molecule has 14 heavy (non-hydrogen) atoms. The average Bonchev–Trinajstić information content (AvgIpc) is 2.67. The highest BCUT2D eigenvalue weighted by molar-refractivity contribution is 5.32. The molecule has 2 aromatic rings. The molecule has 1 N–H and O–H groups in total. The van der Waals surface area contributed by atoms with Crippen molar-refractivity contribution in [2.45, 2.75) is 6.61 Å². The van der Waals surface area contributed by atoms with Crippen LogP contribution in [0.25, 0.3) is 5.69 Å². The smallest absolute Gasteiger partial charge is 0.148 e. The molecule has 1 heterocycles. The van der Waals surface area contributed by atoms with Gasteiger partial charge in [-0.05, 0) is 18.2 Å². The molecule has 0 aliphatic carbocycles. The predicted octanol–water partition coefficient (Wildman–Crippen LogP) is 1.50. The topological polar surface area (TPSA) is 38.0 Å². The van der Waals surface area contributed by atoms with E-state index >= 15 is 0 Å². The van der Waals surface area contributed by atoms with Gasteiger partial charge in [-0.3, -0.25) is 0 Å². The minimum absolute atomic E-state index is 0.137. The van der Waals surface area contributed by atoms with Gasteiger partial charge in [-0.25, -0.2) is 9.07 Å². The zero-order chi connectivity index (χ0) is 9.97. The second-order valence-corrected chi connectivity index (χ2v) is 2.86. The van der Waals surface area contributed by atoms with E-state index in [9.17, 15) is 4.39 Å². The zero-order valence-electron chi connectivity index (χ0n) is 7.39. The Labute approximate surface area is 80.4 Å². The third-order valence-corrected chi connectivity index (χ3v) is 1.91. The number of aliphatic hydroxyl groups is 1. The molecule has 0 saturated carbocycles. The maximum absolute atomic E-state index is 13.3. The lowest BCUT2D eigenvalue weighted by molar-refractivity contribution is 0.276. The fraction of sp³-hybridized carbons (Fsp3) is 0.100. The van der Waals surface area contributed by atoms with E-state index < -0.39 is 0 Å². The van der Waals surface area contributed by atoms with Gasteiger partial charge in [0, 0.05) is 6.20 Å². The maximum atomic E-state index is 13.3. The van der Waals surface area contributed by atoms with E-state index in [1.807, 2.05) is 0 Å². The molecule has 0 atom stereocenters. The van der Waals surface area contributed by atoms with Gasteiger partial charge >= 0.3 is 0 Å². The number of benzene rings is 1. The summed E-state index contributed by atoms with van der Waals surface area (Å²) >= 11 is 0. The van der Waals surface area contributed by atoms with E-state index in [2.05, 4.69) is 5.10 Å². The van der Waals surface area contributed by atoms with Gasteiger partial charge in [0.25, 0.3) is 0 Å². The van der Waals surface area contributed by atoms with Crippen LogP contribution in [0.15, 0.2) is 36.5 Å². The molecule has 1 aromatic heterocycles. The molecule has 0 amide bonds. The summed E-state index contributed by atoms with van der Waals surface area (Å²) in [6.07, 6.45) is 1.62. The zero-order valence-corrected chi connectivity index (χ0v) is 7.39. The van der Waals surface area contributed by atoms with Crippen LogP contribution >= 0.6 is 0 Å². The number of halogens is 1. The number of rotatable bonds is 2. The fourth-order valence-electron chi connectivity index (χ4n) is 1.22. The van der Waals surface area contributed by atoms with Gasteiger partial charge in [0.2, 0.25) is 0 Å². The van der Waals surface area contributed by atoms with Gasteiger partial charge in [0.1, 0.15) is 11.5 Å². The second kappa shape index (κ2) is 3.59. The third-order valence-electron chi connectivity index (χ3n) is 1.91. The molecule has 0 saturated heterocycles. The van der Waals surface area contributed by atoms with Crippen LogP contribution in [0.4, 0.5) is 4.39 Å². The Morgan fingerprint density at radius 1 is 1.29 bits per heavy atom. The Morgan fingerprint density at radius 2 is 2.07 bits per heavy atom. The first kappa shape index (κ1) is 8.90. The van der Waals surface area contributed by atoms with Gasteiger partial charge in [0.15, 0.2) is 0 Å². The normalized spacial score (nSPS) is 10.4. The Morgan fingerprint density at radius 3 is 2.71 bits per heavy atom. The van der Waals surface area contributed by atoms with E-state index in [1.165, 1.54) is 10.7 Å². The summed E-state index contributed by atoms with van der Waals surface area (Å²) < 4.78 is 14.7. The van der Waals surface area contributed by atoms with E-state index in [1.54, 1.807) is 30.5 Å². The molecule has 0 spiro atoms. The molecule has 4 heteroatoms. The summed E-state index contributed by atoms with van der Waals surface area (Å²) in [4.78, 5) is 0. The summed E-state index contributed by atoms with van der Waals surface area (Å²) in [6, 6.07) is 8.00. The highest BCUT2D eigenvalue weighted by Crippen LogP contribution is 2.11. The largest absolute Gasteiger partial charge is 0.390 e. The molecule has 0 fully saturated rings. The van der Waals surface area contributed by atoms with Crippen LogP contribution < -0.4 is 0 Å². The second-order valence-electron chi connectivity index (χ2n) is 2.86. The number of para-hydroxylation sites is 1. The Hall–Kier alpha value is -1.68. The first-order valence-electron chi connectivity index (χ1n) is 4.21. The van der Waals surface area contributed by atoms with Crippen molar-refractivity contribution in [1.82, 2.24) is 9.78 Å². The first-order valence-corrected chi connectivity index (χ1v) is 4.21. The lowest BCUT2D eigenvalue weighted by Gasteiger charge is -2.01. The quantitative estimate of drug-likeness (QED) is 0.783. The number of nitrogens with zero attached hydrogens (tertiary/aromatic N) is 2. The molecule has 0 aliphatic rings. The fourth-order valence-corrected chi connectivity index (χ4v) is 1.22. The first-order chi connectivity index (χ1) is 6.81. The monoisotopic (exact) mass is 192 g/mol. The minimum atomic E-state index is -0.333. The van der Waals surface area contributed by atoms with Crippen LogP contribution in [0.2, 0.25) is 0 Å². The maximum Gasteiger partial charge on any atom is 0.148 e. The van der Waals surface area contributed by atoms with E-state index in [0.29, 0.717) is 11.4 Å². The van der Waals surface area contributed by atoms with Crippen molar-refractivity contribution < 1.29 is 9.50 Å². The Kier molecular flexibility index (Phi) is 2.28. The van der Waals surface area contributed by atoms with E-state index in [-0.39, 0.29) is 12.4 Å². The highest BCUT2D eigenvalue weighted by Gasteiger charge is 2.04. The summed E-state index contributed by atoms with van der Waals surface area (Å²) in [5.41, 5.74) is 0.903. The van der Waals surface area contributed by atoms with Crippen LogP contribution in [0.1, 0.15) is 5.69 Å². The summed E-state index contributed by atoms with van der Waals surface area (Å²) in [6.45, 7) is -0.137. The molecule has 0 unspecified atom stereocenters. The summed E-state index contributed by atoms with van der Waals surface area (Å²) in [7, 11) is 0. The SMILES string of the molecule is OCc1ccn(-c2ccccc2F)n1. The van der Waals surface area contributed by atoms with Crippen molar-refractivity contribution in [3.8, 4) is 5.69 Å². The van der Waals surface area contributed by atoms with Gasteiger partial charge in [-0.2, -0.15) is 5.10 Å². The molecule has 3 nitrogen and oxygen atoms in total. The summed E-state index contributed by atoms with van der Waals surface area (Å²) in [5, 5.41) is 12.8. The van der Waals surface area contributed by atoms with Crippen molar-refractivity contribution in [3.05, 3.63) is 48.0 Å². The van der Waals surface area contributed by atoms with E-state index in [4.69, 9.17) is 5.11 Å². The standard InChI is InChI=1S/C10H9FN2O/c11-9-3-1-2-4-10(9)13-6-5-8(7-14)12-13/h1-6,14H,7H2. The van der Waals surface area contributed by atoms with E-state index in [0.717, 1.165) is 0 Å². The van der Waals surface area contributed by atoms with Crippen LogP contribution in [0, 0.1) is 5.82 Å². The lowest BCUT2D eigenvalue weighted by Crippen LogP contribution is -1.98. The molecule has 72 valence electrons. The third kappa shape index (κ3) is 1.52. The van der Waals surface area contributed by atoms with Crippen molar-refractivity contribution in [1.29, 1.82) is 0 Å². The number of aliphatic hydroxyl groups excluding tert-OH is 1. The average molecular weight is 192 g/mol. The van der Waals surface area contributed by atoms with Crippen molar-refractivity contribution in [2.24, 2.45) is 0 Å². The van der Waals surface area contributed by atoms with Crippen LogP contribution in [0.3, 0.4) is 0 Å². The van der Waals surface area contributed by atoms with Gasteiger partial charge in [-0.15, -0.1) is 0 Å². The van der Waals surface area contributed by atoms with Crippen molar-refractivity contribution in [3.63, 3.8) is 0 Å². The highest BCUT2D eigenvalue weighted by atomic mass is 19.1. The molecule has 2 rings (SSSR count). The molecule has 0 radical (unpaired) electrons. The number of hydrogen-bond acceptors (Lipinski definition) is 2. The van der Waals surface area contributed by atoms with Crippen molar-refractivity contribution in [2.75, 3.05) is 0 Å². The van der Waals surface area contributed by atoms with Gasteiger partial charge < -0.3 is 5.11 Å². The molecular weight excluding hydrogens is 183 g/mol. The van der Waals surface area contributed by atoms with Gasteiger partial charge in [-0.1, -0.05) is 12.1 Å². The molecule has 0 bridgehead atoms. The predicted molar refractivity (Wildman–Crippen MR) is 49.4 cm³/mol. The minimum Gasteiger partial charge on any atom is -0.390 e. The lowest BCUT2D eigenvalue weighted by atomic mass is 10.3. The molecule has 0 aliphatic heterocycles. The van der Waals surface area contributed by atoms with Crippen LogP contribution in [-0.4, -0.2) is 14.9 Å². The Bertz CT molecular complexity index is 439. The Balaban J connectivity index is 2.44. The number of hydrogen-bond donors (Lipinski definition) is 1. The number of aromatic nitrogens is 2. The van der Waals surface area contributed by atoms with Crippen LogP contribution in [-0.2, 0) is 6.61 Å². The summed E-state index contributed by atoms with van der Waals surface area (Å²) in [5.74, 6) is -0.333. The van der Waals surface area contributed by atoms with Crippen molar-refractivity contribution >= 4 is 0 Å².